The molecule has 0 bridgehead atoms. The molecule has 0 amide bonds. The summed E-state index contributed by atoms with van der Waals surface area (Å²) in [5, 5.41) is 9.77. The van der Waals surface area contributed by atoms with E-state index in [1.165, 1.54) is 12.1 Å². The van der Waals surface area contributed by atoms with Gasteiger partial charge < -0.3 is 9.84 Å². The Morgan fingerprint density at radius 3 is 2.55 bits per heavy atom. The van der Waals surface area contributed by atoms with Crippen molar-refractivity contribution in [3.63, 3.8) is 0 Å². The summed E-state index contributed by atoms with van der Waals surface area (Å²) in [4.78, 5) is 15.1. The molecule has 4 heteroatoms. The molecular weight excluding hydrogens is 254 g/mol. The first-order valence-electron chi connectivity index (χ1n) is 6.09. The number of rotatable bonds is 3. The lowest BCUT2D eigenvalue weighted by Crippen LogP contribution is -1.95. The van der Waals surface area contributed by atoms with Crippen LogP contribution in [0.15, 0.2) is 60.8 Å². The lowest BCUT2D eigenvalue weighted by atomic mass is 10.2. The fourth-order valence-electron chi connectivity index (χ4n) is 1.96. The topological polar surface area (TPSA) is 59.4 Å². The summed E-state index contributed by atoms with van der Waals surface area (Å²) < 4.78 is 5.79. The van der Waals surface area contributed by atoms with E-state index >= 15 is 0 Å². The molecule has 0 aliphatic carbocycles. The predicted octanol–water partition coefficient (Wildman–Crippen LogP) is 3.73. The maximum absolute atomic E-state index is 10.8. The van der Waals surface area contributed by atoms with E-state index < -0.39 is 5.97 Å². The van der Waals surface area contributed by atoms with E-state index in [1.54, 1.807) is 18.3 Å². The summed E-state index contributed by atoms with van der Waals surface area (Å²) in [7, 11) is 0. The Morgan fingerprint density at radius 2 is 1.80 bits per heavy atom. The summed E-state index contributed by atoms with van der Waals surface area (Å²) in [5.74, 6) is 0.330. The van der Waals surface area contributed by atoms with E-state index in [4.69, 9.17) is 9.84 Å². The molecule has 4 nitrogen and oxygen atoms in total. The first-order chi connectivity index (χ1) is 9.74. The van der Waals surface area contributed by atoms with Crippen LogP contribution >= 0.6 is 0 Å². The van der Waals surface area contributed by atoms with Gasteiger partial charge in [0, 0.05) is 11.6 Å². The Bertz CT molecular complexity index is 761. The van der Waals surface area contributed by atoms with Crippen LogP contribution in [0.4, 0.5) is 0 Å². The molecule has 2 aromatic carbocycles. The average molecular weight is 265 g/mol. The zero-order valence-corrected chi connectivity index (χ0v) is 10.5. The second-order valence-electron chi connectivity index (χ2n) is 4.26. The number of nitrogens with zero attached hydrogens (tertiary/aromatic N) is 1. The Kier molecular flexibility index (Phi) is 3.05. The summed E-state index contributed by atoms with van der Waals surface area (Å²) in [5.41, 5.74) is 1.09. The van der Waals surface area contributed by atoms with Gasteiger partial charge in [0.15, 0.2) is 0 Å². The largest absolute Gasteiger partial charge is 0.478 e. The number of pyridine rings is 1. The highest BCUT2D eigenvalue weighted by Crippen LogP contribution is 2.28. The molecule has 0 radical (unpaired) electrons. The maximum atomic E-state index is 10.8. The van der Waals surface area contributed by atoms with Crippen molar-refractivity contribution >= 4 is 16.9 Å². The van der Waals surface area contributed by atoms with E-state index in [1.807, 2.05) is 30.3 Å². The highest BCUT2D eigenvalue weighted by molar-refractivity contribution is 5.88. The van der Waals surface area contributed by atoms with Crippen molar-refractivity contribution in [3.05, 3.63) is 66.4 Å². The van der Waals surface area contributed by atoms with Crippen molar-refractivity contribution < 1.29 is 14.6 Å². The molecule has 1 N–H and O–H groups in total. The van der Waals surface area contributed by atoms with Crippen molar-refractivity contribution in [1.29, 1.82) is 0 Å². The number of hydrogen-bond donors (Lipinski definition) is 1. The molecule has 0 aliphatic rings. The fraction of sp³-hybridized carbons (Fsp3) is 0. The molecule has 1 heterocycles. The highest BCUT2D eigenvalue weighted by Gasteiger charge is 2.05. The predicted molar refractivity (Wildman–Crippen MR) is 75.2 cm³/mol. The highest BCUT2D eigenvalue weighted by atomic mass is 16.5. The molecule has 20 heavy (non-hydrogen) atoms. The van der Waals surface area contributed by atoms with E-state index in [-0.39, 0.29) is 5.56 Å². The Morgan fingerprint density at radius 1 is 1.00 bits per heavy atom. The Labute approximate surface area is 115 Å². The normalized spacial score (nSPS) is 10.4. The third-order valence-corrected chi connectivity index (χ3v) is 2.93. The zero-order chi connectivity index (χ0) is 13.9. The number of carbonyl (C=O) groups is 1. The third-order valence-electron chi connectivity index (χ3n) is 2.93. The quantitative estimate of drug-likeness (QED) is 0.784. The van der Waals surface area contributed by atoms with Crippen molar-refractivity contribution in [2.45, 2.75) is 0 Å². The second-order valence-corrected chi connectivity index (χ2v) is 4.26. The van der Waals surface area contributed by atoms with E-state index in [0.29, 0.717) is 11.5 Å². The minimum Gasteiger partial charge on any atom is -0.478 e. The second kappa shape index (κ2) is 5.01. The molecule has 3 rings (SSSR count). The number of benzene rings is 2. The van der Waals surface area contributed by atoms with Crippen LogP contribution in [0.25, 0.3) is 10.9 Å². The van der Waals surface area contributed by atoms with E-state index in [0.717, 1.165) is 10.9 Å². The molecule has 0 saturated carbocycles. The van der Waals surface area contributed by atoms with Crippen molar-refractivity contribution in [2.75, 3.05) is 0 Å². The van der Waals surface area contributed by atoms with Crippen molar-refractivity contribution in [2.24, 2.45) is 0 Å². The van der Waals surface area contributed by atoms with Gasteiger partial charge in [0.1, 0.15) is 11.5 Å². The van der Waals surface area contributed by atoms with Crippen LogP contribution in [-0.4, -0.2) is 16.1 Å². The van der Waals surface area contributed by atoms with Gasteiger partial charge in [-0.2, -0.15) is 0 Å². The molecule has 0 atom stereocenters. The number of fused-ring (bicyclic) bond motifs is 1. The van der Waals surface area contributed by atoms with Gasteiger partial charge in [-0.3, -0.25) is 4.98 Å². The zero-order valence-electron chi connectivity index (χ0n) is 10.5. The minimum atomic E-state index is -0.953. The van der Waals surface area contributed by atoms with Crippen LogP contribution in [-0.2, 0) is 0 Å². The average Bonchev–Trinajstić information content (AvgIpc) is 2.48. The summed E-state index contributed by atoms with van der Waals surface area (Å²) in [6, 6.07) is 15.7. The van der Waals surface area contributed by atoms with Gasteiger partial charge in [-0.25, -0.2) is 4.79 Å². The lowest BCUT2D eigenvalue weighted by Gasteiger charge is -2.08. The van der Waals surface area contributed by atoms with Crippen LogP contribution in [0.3, 0.4) is 0 Å². The first kappa shape index (κ1) is 12.2. The molecular formula is C16H11NO3. The summed E-state index contributed by atoms with van der Waals surface area (Å²) in [6.45, 7) is 0. The Balaban J connectivity index is 1.95. The maximum Gasteiger partial charge on any atom is 0.335 e. The lowest BCUT2D eigenvalue weighted by molar-refractivity contribution is 0.0697. The standard InChI is InChI=1S/C16H11NO3/c18-16(19)11-6-8-12(9-7-11)20-15-5-1-4-14-13(15)3-2-10-17-14/h1-10H,(H,18,19). The van der Waals surface area contributed by atoms with Gasteiger partial charge in [-0.1, -0.05) is 6.07 Å². The van der Waals surface area contributed by atoms with Crippen LogP contribution in [0.5, 0.6) is 11.5 Å². The van der Waals surface area contributed by atoms with E-state index in [9.17, 15) is 4.79 Å². The van der Waals surface area contributed by atoms with Gasteiger partial charge in [-0.05, 0) is 48.5 Å². The smallest absolute Gasteiger partial charge is 0.335 e. The van der Waals surface area contributed by atoms with Crippen LogP contribution in [0.2, 0.25) is 0 Å². The molecule has 0 spiro atoms. The Hall–Kier alpha value is -2.88. The van der Waals surface area contributed by atoms with E-state index in [2.05, 4.69) is 4.98 Å². The van der Waals surface area contributed by atoms with Crippen LogP contribution in [0, 0.1) is 0 Å². The molecule has 0 saturated heterocycles. The molecule has 98 valence electrons. The molecule has 3 aromatic rings. The number of hydrogen-bond acceptors (Lipinski definition) is 3. The van der Waals surface area contributed by atoms with Gasteiger partial charge in [-0.15, -0.1) is 0 Å². The molecule has 0 fully saturated rings. The van der Waals surface area contributed by atoms with Crippen molar-refractivity contribution in [3.8, 4) is 11.5 Å². The number of carboxylic acids is 1. The first-order valence-corrected chi connectivity index (χ1v) is 6.09. The van der Waals surface area contributed by atoms with Gasteiger partial charge in [0.05, 0.1) is 11.1 Å². The number of aromatic nitrogens is 1. The van der Waals surface area contributed by atoms with Gasteiger partial charge in [0.2, 0.25) is 0 Å². The fourth-order valence-corrected chi connectivity index (χ4v) is 1.96. The van der Waals surface area contributed by atoms with Gasteiger partial charge in [0.25, 0.3) is 0 Å². The number of ether oxygens (including phenoxy) is 1. The number of aromatic carboxylic acids is 1. The SMILES string of the molecule is O=C(O)c1ccc(Oc2cccc3ncccc23)cc1. The van der Waals surface area contributed by atoms with Gasteiger partial charge >= 0.3 is 5.97 Å². The summed E-state index contributed by atoms with van der Waals surface area (Å²) in [6.07, 6.45) is 1.73. The third kappa shape index (κ3) is 2.31. The molecule has 0 aliphatic heterocycles. The molecule has 1 aromatic heterocycles. The molecule has 0 unspecified atom stereocenters. The van der Waals surface area contributed by atoms with Crippen molar-refractivity contribution in [1.82, 2.24) is 4.98 Å². The van der Waals surface area contributed by atoms with Crippen LogP contribution in [0.1, 0.15) is 10.4 Å². The summed E-state index contributed by atoms with van der Waals surface area (Å²) >= 11 is 0. The monoisotopic (exact) mass is 265 g/mol. The van der Waals surface area contributed by atoms with Crippen LogP contribution < -0.4 is 4.74 Å². The minimum absolute atomic E-state index is 0.233. The number of carboxylic acid groups (broad SMARTS) is 1.